The second-order valence-electron chi connectivity index (χ2n) is 3.60. The van der Waals surface area contributed by atoms with Crippen LogP contribution in [0.1, 0.15) is 16.5 Å². The minimum absolute atomic E-state index is 0.137. The SMILES string of the molecule is Cc1ccsc1C(NN)C1CSCCO1. The third-order valence-corrected chi connectivity index (χ3v) is 4.70. The summed E-state index contributed by atoms with van der Waals surface area (Å²) in [6.45, 7) is 2.95. The molecule has 1 aromatic rings. The molecule has 15 heavy (non-hydrogen) atoms. The quantitative estimate of drug-likeness (QED) is 0.627. The average molecular weight is 244 g/mol. The number of hydrogen-bond donors (Lipinski definition) is 2. The molecule has 2 rings (SSSR count). The second-order valence-corrected chi connectivity index (χ2v) is 5.69. The van der Waals surface area contributed by atoms with Crippen LogP contribution in [-0.2, 0) is 4.74 Å². The molecule has 1 aromatic heterocycles. The Bertz CT molecular complexity index is 310. The van der Waals surface area contributed by atoms with Gasteiger partial charge in [-0.1, -0.05) is 0 Å². The average Bonchev–Trinajstić information content (AvgIpc) is 2.68. The van der Waals surface area contributed by atoms with Crippen molar-refractivity contribution >= 4 is 23.1 Å². The normalized spacial score (nSPS) is 24.0. The van der Waals surface area contributed by atoms with E-state index in [0.29, 0.717) is 0 Å². The van der Waals surface area contributed by atoms with Crippen LogP contribution < -0.4 is 11.3 Å². The first kappa shape index (κ1) is 11.4. The Morgan fingerprint density at radius 2 is 2.53 bits per heavy atom. The molecule has 0 spiro atoms. The van der Waals surface area contributed by atoms with Crippen LogP contribution in [0, 0.1) is 6.92 Å². The minimum Gasteiger partial charge on any atom is -0.374 e. The number of thiophene rings is 1. The molecule has 0 saturated carbocycles. The van der Waals surface area contributed by atoms with E-state index in [1.807, 2.05) is 11.8 Å². The number of aryl methyl sites for hydroxylation is 1. The highest BCUT2D eigenvalue weighted by Gasteiger charge is 2.27. The molecule has 2 atom stereocenters. The van der Waals surface area contributed by atoms with Gasteiger partial charge < -0.3 is 4.74 Å². The Balaban J connectivity index is 2.12. The summed E-state index contributed by atoms with van der Waals surface area (Å²) >= 11 is 3.68. The molecule has 1 aliphatic heterocycles. The molecule has 2 heterocycles. The third-order valence-electron chi connectivity index (χ3n) is 2.58. The first-order chi connectivity index (χ1) is 7.33. The van der Waals surface area contributed by atoms with E-state index in [1.165, 1.54) is 10.4 Å². The molecule has 0 aliphatic carbocycles. The lowest BCUT2D eigenvalue weighted by atomic mass is 10.1. The summed E-state index contributed by atoms with van der Waals surface area (Å²) in [5, 5.41) is 2.10. The highest BCUT2D eigenvalue weighted by atomic mass is 32.2. The summed E-state index contributed by atoms with van der Waals surface area (Å²) in [5.74, 6) is 7.75. The molecule has 0 amide bonds. The number of hydrogen-bond acceptors (Lipinski definition) is 5. The van der Waals surface area contributed by atoms with E-state index in [1.54, 1.807) is 11.3 Å². The van der Waals surface area contributed by atoms with E-state index in [0.717, 1.165) is 18.1 Å². The lowest BCUT2D eigenvalue weighted by Crippen LogP contribution is -2.41. The van der Waals surface area contributed by atoms with Crippen molar-refractivity contribution in [3.05, 3.63) is 21.9 Å². The maximum Gasteiger partial charge on any atom is 0.0881 e. The van der Waals surface area contributed by atoms with Crippen LogP contribution >= 0.6 is 23.1 Å². The molecule has 0 bridgehead atoms. The van der Waals surface area contributed by atoms with Crippen molar-refractivity contribution in [2.45, 2.75) is 19.1 Å². The van der Waals surface area contributed by atoms with E-state index >= 15 is 0 Å². The highest BCUT2D eigenvalue weighted by Crippen LogP contribution is 2.30. The van der Waals surface area contributed by atoms with Crippen LogP contribution in [0.25, 0.3) is 0 Å². The second kappa shape index (κ2) is 5.32. The van der Waals surface area contributed by atoms with Crippen LogP contribution in [0.4, 0.5) is 0 Å². The van der Waals surface area contributed by atoms with Gasteiger partial charge in [0.15, 0.2) is 0 Å². The summed E-state index contributed by atoms with van der Waals surface area (Å²) in [4.78, 5) is 1.30. The van der Waals surface area contributed by atoms with Crippen LogP contribution in [-0.4, -0.2) is 24.2 Å². The van der Waals surface area contributed by atoms with Crippen LogP contribution in [0.15, 0.2) is 11.4 Å². The van der Waals surface area contributed by atoms with E-state index in [4.69, 9.17) is 10.6 Å². The fourth-order valence-corrected chi connectivity index (χ4v) is 3.69. The zero-order chi connectivity index (χ0) is 10.7. The van der Waals surface area contributed by atoms with E-state index < -0.39 is 0 Å². The van der Waals surface area contributed by atoms with Gasteiger partial charge in [-0.2, -0.15) is 11.8 Å². The predicted molar refractivity (Wildman–Crippen MR) is 66.2 cm³/mol. The summed E-state index contributed by atoms with van der Waals surface area (Å²) in [6, 6.07) is 2.26. The summed E-state index contributed by atoms with van der Waals surface area (Å²) in [5.41, 5.74) is 4.18. The van der Waals surface area contributed by atoms with Gasteiger partial charge in [0, 0.05) is 16.4 Å². The molecule has 2 unspecified atom stereocenters. The Labute approximate surface area is 98.4 Å². The van der Waals surface area contributed by atoms with Gasteiger partial charge >= 0.3 is 0 Å². The molecule has 1 aliphatic rings. The number of nitrogens with one attached hydrogen (secondary N) is 1. The number of nitrogens with two attached hydrogens (primary N) is 1. The molecule has 0 radical (unpaired) electrons. The van der Waals surface area contributed by atoms with Crippen molar-refractivity contribution in [2.75, 3.05) is 18.1 Å². The van der Waals surface area contributed by atoms with Crippen molar-refractivity contribution in [2.24, 2.45) is 5.84 Å². The molecular formula is C10H16N2OS2. The van der Waals surface area contributed by atoms with Gasteiger partial charge in [-0.15, -0.1) is 11.3 Å². The molecule has 0 aromatic carbocycles. The van der Waals surface area contributed by atoms with Crippen LogP contribution in [0.3, 0.4) is 0 Å². The van der Waals surface area contributed by atoms with Gasteiger partial charge in [-0.05, 0) is 23.9 Å². The van der Waals surface area contributed by atoms with E-state index in [9.17, 15) is 0 Å². The van der Waals surface area contributed by atoms with Gasteiger partial charge in [0.05, 0.1) is 18.8 Å². The number of thioether (sulfide) groups is 1. The smallest absolute Gasteiger partial charge is 0.0881 e. The number of hydrazine groups is 1. The highest BCUT2D eigenvalue weighted by molar-refractivity contribution is 7.99. The maximum atomic E-state index is 5.75. The van der Waals surface area contributed by atoms with Crippen molar-refractivity contribution in [3.8, 4) is 0 Å². The Morgan fingerprint density at radius 1 is 1.67 bits per heavy atom. The monoisotopic (exact) mass is 244 g/mol. The molecule has 84 valence electrons. The lowest BCUT2D eigenvalue weighted by Gasteiger charge is -2.29. The minimum atomic E-state index is 0.137. The molecular weight excluding hydrogens is 228 g/mol. The van der Waals surface area contributed by atoms with Gasteiger partial charge in [0.2, 0.25) is 0 Å². The third kappa shape index (κ3) is 2.54. The van der Waals surface area contributed by atoms with Gasteiger partial charge in [-0.3, -0.25) is 5.84 Å². The number of ether oxygens (including phenoxy) is 1. The zero-order valence-electron chi connectivity index (χ0n) is 8.73. The number of rotatable bonds is 3. The maximum absolute atomic E-state index is 5.75. The first-order valence-corrected chi connectivity index (χ1v) is 7.06. The Kier molecular flexibility index (Phi) is 4.05. The van der Waals surface area contributed by atoms with Crippen molar-refractivity contribution in [1.82, 2.24) is 5.43 Å². The Hall–Kier alpha value is -0.0700. The van der Waals surface area contributed by atoms with E-state index in [-0.39, 0.29) is 12.1 Å². The van der Waals surface area contributed by atoms with Crippen LogP contribution in [0.2, 0.25) is 0 Å². The zero-order valence-corrected chi connectivity index (χ0v) is 10.4. The molecule has 1 fully saturated rings. The lowest BCUT2D eigenvalue weighted by molar-refractivity contribution is 0.0475. The molecule has 3 nitrogen and oxygen atoms in total. The molecule has 1 saturated heterocycles. The fraction of sp³-hybridized carbons (Fsp3) is 0.600. The largest absolute Gasteiger partial charge is 0.374 e. The van der Waals surface area contributed by atoms with E-state index in [2.05, 4.69) is 23.8 Å². The van der Waals surface area contributed by atoms with Crippen molar-refractivity contribution in [3.63, 3.8) is 0 Å². The van der Waals surface area contributed by atoms with Crippen LogP contribution in [0.5, 0.6) is 0 Å². The van der Waals surface area contributed by atoms with Crippen molar-refractivity contribution in [1.29, 1.82) is 0 Å². The Morgan fingerprint density at radius 3 is 3.07 bits per heavy atom. The first-order valence-electron chi connectivity index (χ1n) is 5.02. The standard InChI is InChI=1S/C10H16N2OS2/c1-7-2-4-15-10(7)9(12-11)8-6-14-5-3-13-8/h2,4,8-9,12H,3,5-6,11H2,1H3. The van der Waals surface area contributed by atoms with Gasteiger partial charge in [0.1, 0.15) is 0 Å². The summed E-state index contributed by atoms with van der Waals surface area (Å²) in [7, 11) is 0. The summed E-state index contributed by atoms with van der Waals surface area (Å²) < 4.78 is 5.75. The summed E-state index contributed by atoms with van der Waals surface area (Å²) in [6.07, 6.45) is 0.200. The van der Waals surface area contributed by atoms with Gasteiger partial charge in [0.25, 0.3) is 0 Å². The molecule has 5 heteroatoms. The van der Waals surface area contributed by atoms with Gasteiger partial charge in [-0.25, -0.2) is 5.43 Å². The topological polar surface area (TPSA) is 47.3 Å². The molecule has 3 N–H and O–H groups in total. The van der Waals surface area contributed by atoms with Crippen molar-refractivity contribution < 1.29 is 4.74 Å². The fourth-order valence-electron chi connectivity index (χ4n) is 1.75. The predicted octanol–water partition coefficient (Wildman–Crippen LogP) is 1.69.